The topological polar surface area (TPSA) is 85.8 Å². The number of thioether (sulfide) groups is 1. The Morgan fingerprint density at radius 3 is 2.83 bits per heavy atom. The zero-order valence-electron chi connectivity index (χ0n) is 12.5. The molecule has 2 heterocycles. The molecule has 0 aliphatic rings. The second-order valence-electron chi connectivity index (χ2n) is 4.61. The second kappa shape index (κ2) is 7.10. The number of hydrogen-bond acceptors (Lipinski definition) is 6. The van der Waals surface area contributed by atoms with Crippen molar-refractivity contribution in [2.45, 2.75) is 24.1 Å². The SMILES string of the molecule is CCn1ccc(C(=O)Nc2nnc(CSc3ccccc3)o2)n1. The van der Waals surface area contributed by atoms with Crippen LogP contribution in [0.1, 0.15) is 23.3 Å². The standard InChI is InChI=1S/C15H15N5O2S/c1-2-20-9-8-12(19-20)14(21)16-15-18-17-13(22-15)10-23-11-6-4-3-5-7-11/h3-9H,2,10H2,1H3,(H,16,18,21). The van der Waals surface area contributed by atoms with Gasteiger partial charge in [0.05, 0.1) is 5.75 Å². The van der Waals surface area contributed by atoms with Crippen LogP contribution in [0.3, 0.4) is 0 Å². The minimum atomic E-state index is -0.372. The van der Waals surface area contributed by atoms with Crippen LogP contribution in [-0.2, 0) is 12.3 Å². The van der Waals surface area contributed by atoms with E-state index in [1.54, 1.807) is 28.7 Å². The summed E-state index contributed by atoms with van der Waals surface area (Å²) in [5, 5.41) is 14.4. The van der Waals surface area contributed by atoms with Crippen molar-refractivity contribution in [3.8, 4) is 0 Å². The van der Waals surface area contributed by atoms with Crippen LogP contribution in [0, 0.1) is 0 Å². The van der Waals surface area contributed by atoms with Gasteiger partial charge in [-0.1, -0.05) is 23.3 Å². The van der Waals surface area contributed by atoms with Crippen molar-refractivity contribution in [3.05, 3.63) is 54.2 Å². The number of amides is 1. The molecule has 1 N–H and O–H groups in total. The lowest BCUT2D eigenvalue weighted by atomic mass is 10.4. The first-order chi connectivity index (χ1) is 11.2. The zero-order valence-corrected chi connectivity index (χ0v) is 13.3. The Hall–Kier alpha value is -2.61. The number of carbonyl (C=O) groups excluding carboxylic acids is 1. The Bertz CT molecular complexity index is 784. The summed E-state index contributed by atoms with van der Waals surface area (Å²) < 4.78 is 7.09. The molecule has 0 saturated carbocycles. The Morgan fingerprint density at radius 2 is 2.09 bits per heavy atom. The summed E-state index contributed by atoms with van der Waals surface area (Å²) in [6.07, 6.45) is 1.74. The Morgan fingerprint density at radius 1 is 1.26 bits per heavy atom. The summed E-state index contributed by atoms with van der Waals surface area (Å²) in [6, 6.07) is 11.6. The molecule has 118 valence electrons. The van der Waals surface area contributed by atoms with Gasteiger partial charge in [-0.25, -0.2) is 0 Å². The predicted molar refractivity (Wildman–Crippen MR) is 86.2 cm³/mol. The quantitative estimate of drug-likeness (QED) is 0.700. The third kappa shape index (κ3) is 3.98. The number of nitrogens with zero attached hydrogens (tertiary/aromatic N) is 4. The van der Waals surface area contributed by atoms with Crippen molar-refractivity contribution < 1.29 is 9.21 Å². The average Bonchev–Trinajstić information content (AvgIpc) is 3.23. The Labute approximate surface area is 137 Å². The number of aryl methyl sites for hydroxylation is 1. The third-order valence-corrected chi connectivity index (χ3v) is 3.99. The van der Waals surface area contributed by atoms with Gasteiger partial charge in [0.2, 0.25) is 5.89 Å². The zero-order chi connectivity index (χ0) is 16.1. The largest absolute Gasteiger partial charge is 0.407 e. The average molecular weight is 329 g/mol. The number of rotatable bonds is 6. The van der Waals surface area contributed by atoms with Crippen molar-refractivity contribution in [1.29, 1.82) is 0 Å². The van der Waals surface area contributed by atoms with Crippen LogP contribution in [0.25, 0.3) is 0 Å². The fraction of sp³-hybridized carbons (Fsp3) is 0.200. The Balaban J connectivity index is 1.57. The normalized spacial score (nSPS) is 10.7. The van der Waals surface area contributed by atoms with E-state index in [4.69, 9.17) is 4.42 Å². The maximum absolute atomic E-state index is 12.0. The molecule has 0 atom stereocenters. The highest BCUT2D eigenvalue weighted by atomic mass is 32.2. The summed E-state index contributed by atoms with van der Waals surface area (Å²) in [7, 11) is 0. The number of carbonyl (C=O) groups is 1. The van der Waals surface area contributed by atoms with Gasteiger partial charge in [-0.05, 0) is 25.1 Å². The minimum absolute atomic E-state index is 0.0738. The number of nitrogens with one attached hydrogen (secondary N) is 1. The highest BCUT2D eigenvalue weighted by molar-refractivity contribution is 7.98. The van der Waals surface area contributed by atoms with E-state index in [-0.39, 0.29) is 11.9 Å². The molecule has 23 heavy (non-hydrogen) atoms. The lowest BCUT2D eigenvalue weighted by molar-refractivity contribution is 0.101. The maximum atomic E-state index is 12.0. The fourth-order valence-corrected chi connectivity index (χ4v) is 2.60. The van der Waals surface area contributed by atoms with E-state index in [9.17, 15) is 4.79 Å². The maximum Gasteiger partial charge on any atom is 0.322 e. The van der Waals surface area contributed by atoms with Crippen LogP contribution in [0.15, 0.2) is 51.9 Å². The van der Waals surface area contributed by atoms with Gasteiger partial charge in [0.15, 0.2) is 5.69 Å². The third-order valence-electron chi connectivity index (χ3n) is 2.99. The summed E-state index contributed by atoms with van der Waals surface area (Å²) in [6.45, 7) is 2.65. The molecular weight excluding hydrogens is 314 g/mol. The van der Waals surface area contributed by atoms with E-state index in [1.165, 1.54) is 0 Å². The molecule has 3 aromatic rings. The lowest BCUT2D eigenvalue weighted by Crippen LogP contribution is -2.13. The summed E-state index contributed by atoms with van der Waals surface area (Å²) in [5.41, 5.74) is 0.310. The van der Waals surface area contributed by atoms with Crippen molar-refractivity contribution in [1.82, 2.24) is 20.0 Å². The molecule has 8 heteroatoms. The molecule has 3 rings (SSSR count). The first-order valence-electron chi connectivity index (χ1n) is 7.09. The van der Waals surface area contributed by atoms with E-state index in [1.807, 2.05) is 37.3 Å². The van der Waals surface area contributed by atoms with Gasteiger partial charge in [0.1, 0.15) is 0 Å². The molecule has 1 aromatic carbocycles. The first kappa shape index (κ1) is 15.3. The van der Waals surface area contributed by atoms with Gasteiger partial charge in [-0.2, -0.15) is 5.10 Å². The van der Waals surface area contributed by atoms with Crippen molar-refractivity contribution in [3.63, 3.8) is 0 Å². The molecule has 7 nitrogen and oxygen atoms in total. The summed E-state index contributed by atoms with van der Waals surface area (Å²) in [5.74, 6) is 0.619. The van der Waals surface area contributed by atoms with E-state index in [0.29, 0.717) is 23.9 Å². The summed E-state index contributed by atoms with van der Waals surface area (Å²) in [4.78, 5) is 13.1. The predicted octanol–water partition coefficient (Wildman–Crippen LogP) is 2.83. The van der Waals surface area contributed by atoms with Gasteiger partial charge in [0, 0.05) is 17.6 Å². The number of benzene rings is 1. The lowest BCUT2D eigenvalue weighted by Gasteiger charge is -1.98. The number of hydrogen-bond donors (Lipinski definition) is 1. The number of anilines is 1. The molecule has 0 saturated heterocycles. The summed E-state index contributed by atoms with van der Waals surface area (Å²) >= 11 is 1.58. The monoisotopic (exact) mass is 329 g/mol. The van der Waals surface area contributed by atoms with Gasteiger partial charge >= 0.3 is 6.01 Å². The van der Waals surface area contributed by atoms with Crippen LogP contribution in [0.4, 0.5) is 6.01 Å². The van der Waals surface area contributed by atoms with Gasteiger partial charge in [-0.3, -0.25) is 14.8 Å². The smallest absolute Gasteiger partial charge is 0.322 e. The van der Waals surface area contributed by atoms with Crippen molar-refractivity contribution >= 4 is 23.7 Å². The van der Waals surface area contributed by atoms with Crippen LogP contribution < -0.4 is 5.32 Å². The van der Waals surface area contributed by atoms with Gasteiger partial charge in [0.25, 0.3) is 5.91 Å². The molecule has 1 amide bonds. The molecular formula is C15H15N5O2S. The highest BCUT2D eigenvalue weighted by Crippen LogP contribution is 2.22. The molecule has 0 radical (unpaired) electrons. The van der Waals surface area contributed by atoms with Gasteiger partial charge < -0.3 is 4.42 Å². The van der Waals surface area contributed by atoms with E-state index >= 15 is 0 Å². The Kier molecular flexibility index (Phi) is 4.72. The second-order valence-corrected chi connectivity index (χ2v) is 5.66. The molecule has 0 bridgehead atoms. The van der Waals surface area contributed by atoms with E-state index in [0.717, 1.165) is 4.90 Å². The molecule has 0 aliphatic carbocycles. The molecule has 0 spiro atoms. The highest BCUT2D eigenvalue weighted by Gasteiger charge is 2.14. The fourth-order valence-electron chi connectivity index (χ4n) is 1.84. The van der Waals surface area contributed by atoms with E-state index in [2.05, 4.69) is 20.6 Å². The van der Waals surface area contributed by atoms with Crippen molar-refractivity contribution in [2.75, 3.05) is 5.32 Å². The molecule has 2 aromatic heterocycles. The van der Waals surface area contributed by atoms with Crippen LogP contribution >= 0.6 is 11.8 Å². The molecule has 0 aliphatic heterocycles. The molecule has 0 unspecified atom stereocenters. The first-order valence-corrected chi connectivity index (χ1v) is 8.08. The van der Waals surface area contributed by atoms with Crippen LogP contribution in [0.5, 0.6) is 0 Å². The number of aromatic nitrogens is 4. The van der Waals surface area contributed by atoms with E-state index < -0.39 is 0 Å². The minimum Gasteiger partial charge on any atom is -0.407 e. The van der Waals surface area contributed by atoms with Gasteiger partial charge in [-0.15, -0.1) is 16.9 Å². The molecule has 0 fully saturated rings. The van der Waals surface area contributed by atoms with Crippen molar-refractivity contribution in [2.24, 2.45) is 0 Å². The van der Waals surface area contributed by atoms with Crippen LogP contribution in [0.2, 0.25) is 0 Å². The van der Waals surface area contributed by atoms with Crippen LogP contribution in [-0.4, -0.2) is 25.9 Å².